The van der Waals surface area contributed by atoms with Crippen molar-refractivity contribution >= 4 is 5.91 Å². The highest BCUT2D eigenvalue weighted by Gasteiger charge is 2.07. The van der Waals surface area contributed by atoms with Crippen molar-refractivity contribution in [2.45, 2.75) is 89.9 Å². The van der Waals surface area contributed by atoms with Gasteiger partial charge in [0.1, 0.15) is 0 Å². The summed E-state index contributed by atoms with van der Waals surface area (Å²) in [5, 5.41) is 11.3. The van der Waals surface area contributed by atoms with Gasteiger partial charge in [0.15, 0.2) is 0 Å². The number of amides is 1. The Labute approximate surface area is 142 Å². The lowest BCUT2D eigenvalue weighted by Crippen LogP contribution is -2.25. The highest BCUT2D eigenvalue weighted by atomic mass is 16.3. The van der Waals surface area contributed by atoms with Gasteiger partial charge in [0.2, 0.25) is 5.91 Å². The summed E-state index contributed by atoms with van der Waals surface area (Å²) in [5.74, 6) is 0.966. The second-order valence-electron chi connectivity index (χ2n) is 6.91. The molecule has 0 fully saturated rings. The molecule has 2 N–H and O–H groups in total. The van der Waals surface area contributed by atoms with Crippen LogP contribution in [0, 0.1) is 5.92 Å². The van der Waals surface area contributed by atoms with Crippen molar-refractivity contribution in [1.29, 1.82) is 0 Å². The summed E-state index contributed by atoms with van der Waals surface area (Å²) in [6, 6.07) is 0. The lowest BCUT2D eigenvalue weighted by atomic mass is 9.99. The van der Waals surface area contributed by atoms with E-state index in [0.29, 0.717) is 13.0 Å². The molecule has 3 nitrogen and oxygen atoms in total. The number of nitrogens with one attached hydrogen (secondary N) is 1. The summed E-state index contributed by atoms with van der Waals surface area (Å²) in [6.45, 7) is 0.416. The van der Waals surface area contributed by atoms with Gasteiger partial charge in [0, 0.05) is 13.0 Å². The van der Waals surface area contributed by atoms with Crippen LogP contribution in [-0.2, 0) is 4.79 Å². The second kappa shape index (κ2) is 14.7. The predicted molar refractivity (Wildman–Crippen MR) is 97.4 cm³/mol. The van der Waals surface area contributed by atoms with Crippen molar-refractivity contribution < 1.29 is 9.90 Å². The Morgan fingerprint density at radius 1 is 0.957 bits per heavy atom. The van der Waals surface area contributed by atoms with Gasteiger partial charge in [-0.05, 0) is 31.6 Å². The van der Waals surface area contributed by atoms with Crippen LogP contribution >= 0.6 is 0 Å². The summed E-state index contributed by atoms with van der Waals surface area (Å²) in [7, 11) is 0. The van der Waals surface area contributed by atoms with E-state index in [1.54, 1.807) is 0 Å². The Morgan fingerprint density at radius 3 is 2.13 bits per heavy atom. The molecule has 1 unspecified atom stereocenters. The van der Waals surface area contributed by atoms with Crippen LogP contribution < -0.4 is 5.32 Å². The first-order chi connectivity index (χ1) is 11.3. The lowest BCUT2D eigenvalue weighted by Gasteiger charge is -2.07. The van der Waals surface area contributed by atoms with Gasteiger partial charge in [0.25, 0.3) is 0 Å². The molecule has 0 aromatic carbocycles. The van der Waals surface area contributed by atoms with Crippen LogP contribution in [0.2, 0.25) is 0 Å². The zero-order chi connectivity index (χ0) is 16.6. The summed E-state index contributed by atoms with van der Waals surface area (Å²) >= 11 is 0. The van der Waals surface area contributed by atoms with E-state index < -0.39 is 0 Å². The van der Waals surface area contributed by atoms with Gasteiger partial charge in [-0.1, -0.05) is 69.9 Å². The Bertz CT molecular complexity index is 315. The molecule has 134 valence electrons. The highest BCUT2D eigenvalue weighted by Crippen LogP contribution is 2.23. The third-order valence-corrected chi connectivity index (χ3v) is 4.78. The first-order valence-corrected chi connectivity index (χ1v) is 9.87. The number of rotatable bonds is 15. The third kappa shape index (κ3) is 12.3. The molecule has 0 bridgehead atoms. The monoisotopic (exact) mass is 323 g/mol. The molecule has 1 aliphatic carbocycles. The summed E-state index contributed by atoms with van der Waals surface area (Å²) in [6.07, 6.45) is 22.5. The predicted octanol–water partition coefficient (Wildman–Crippen LogP) is 4.74. The minimum absolute atomic E-state index is 0.0311. The van der Waals surface area contributed by atoms with Crippen LogP contribution in [0.1, 0.15) is 89.9 Å². The minimum Gasteiger partial charge on any atom is -0.395 e. The zero-order valence-electron chi connectivity index (χ0n) is 14.9. The number of aliphatic hydroxyl groups is 1. The molecule has 1 aliphatic rings. The van der Waals surface area contributed by atoms with Crippen LogP contribution in [0.4, 0.5) is 0 Å². The fourth-order valence-corrected chi connectivity index (χ4v) is 3.33. The second-order valence-corrected chi connectivity index (χ2v) is 6.91. The topological polar surface area (TPSA) is 49.3 Å². The van der Waals surface area contributed by atoms with Crippen molar-refractivity contribution in [1.82, 2.24) is 5.32 Å². The smallest absolute Gasteiger partial charge is 0.220 e. The number of carbonyl (C=O) groups excluding carboxylic acids is 1. The molecule has 1 amide bonds. The standard InChI is InChI=1S/C20H37NO2/c22-18-17-21-20(23)16-10-8-6-4-2-1-3-5-7-9-13-19-14-11-12-15-19/h11,14,19,22H,1-10,12-13,15-18H2,(H,21,23). The number of hydrogen-bond donors (Lipinski definition) is 2. The Morgan fingerprint density at radius 2 is 1.57 bits per heavy atom. The Balaban J connectivity index is 1.71. The maximum absolute atomic E-state index is 11.3. The molecule has 0 spiro atoms. The fourth-order valence-electron chi connectivity index (χ4n) is 3.33. The first-order valence-electron chi connectivity index (χ1n) is 9.87. The molecule has 0 heterocycles. The first kappa shape index (κ1) is 20.2. The van der Waals surface area contributed by atoms with Gasteiger partial charge in [-0.15, -0.1) is 0 Å². The minimum atomic E-state index is 0.0311. The average molecular weight is 324 g/mol. The van der Waals surface area contributed by atoms with Gasteiger partial charge < -0.3 is 10.4 Å². The number of aliphatic hydroxyl groups excluding tert-OH is 1. The molecule has 0 saturated heterocycles. The molecule has 0 saturated carbocycles. The quantitative estimate of drug-likeness (QED) is 0.338. The van der Waals surface area contributed by atoms with Crippen LogP contribution in [0.3, 0.4) is 0 Å². The third-order valence-electron chi connectivity index (χ3n) is 4.78. The normalized spacial score (nSPS) is 16.8. The summed E-state index contributed by atoms with van der Waals surface area (Å²) < 4.78 is 0. The van der Waals surface area contributed by atoms with Gasteiger partial charge in [-0.25, -0.2) is 0 Å². The van der Waals surface area contributed by atoms with E-state index in [9.17, 15) is 4.79 Å². The van der Waals surface area contributed by atoms with E-state index in [1.165, 1.54) is 70.6 Å². The number of allylic oxidation sites excluding steroid dienone is 2. The Hall–Kier alpha value is -0.830. The van der Waals surface area contributed by atoms with E-state index in [1.807, 2.05) is 0 Å². The van der Waals surface area contributed by atoms with Crippen LogP contribution in [0.5, 0.6) is 0 Å². The molecule has 0 aliphatic heterocycles. The van der Waals surface area contributed by atoms with Crippen LogP contribution in [0.25, 0.3) is 0 Å². The zero-order valence-corrected chi connectivity index (χ0v) is 14.9. The van der Waals surface area contributed by atoms with Crippen molar-refractivity contribution in [3.8, 4) is 0 Å². The van der Waals surface area contributed by atoms with Crippen molar-refractivity contribution in [2.24, 2.45) is 5.92 Å². The molecule has 0 aromatic heterocycles. The average Bonchev–Trinajstić information content (AvgIpc) is 3.07. The molecule has 23 heavy (non-hydrogen) atoms. The summed E-state index contributed by atoms with van der Waals surface area (Å²) in [5.41, 5.74) is 0. The Kier molecular flexibility index (Phi) is 13.0. The largest absolute Gasteiger partial charge is 0.395 e. The van der Waals surface area contributed by atoms with E-state index in [4.69, 9.17) is 5.11 Å². The number of carbonyl (C=O) groups is 1. The summed E-state index contributed by atoms with van der Waals surface area (Å²) in [4.78, 5) is 11.3. The van der Waals surface area contributed by atoms with Gasteiger partial charge >= 0.3 is 0 Å². The molecule has 1 rings (SSSR count). The van der Waals surface area contributed by atoms with Crippen LogP contribution in [-0.4, -0.2) is 24.2 Å². The molecule has 0 aromatic rings. The van der Waals surface area contributed by atoms with Crippen molar-refractivity contribution in [2.75, 3.05) is 13.2 Å². The molecule has 0 radical (unpaired) electrons. The number of hydrogen-bond acceptors (Lipinski definition) is 2. The highest BCUT2D eigenvalue weighted by molar-refractivity contribution is 5.75. The maximum atomic E-state index is 11.3. The van der Waals surface area contributed by atoms with Gasteiger partial charge in [0.05, 0.1) is 6.61 Å². The van der Waals surface area contributed by atoms with Gasteiger partial charge in [-0.3, -0.25) is 4.79 Å². The van der Waals surface area contributed by atoms with Crippen LogP contribution in [0.15, 0.2) is 12.2 Å². The van der Waals surface area contributed by atoms with E-state index in [-0.39, 0.29) is 12.5 Å². The van der Waals surface area contributed by atoms with E-state index in [0.717, 1.165) is 18.8 Å². The SMILES string of the molecule is O=C(CCCCCCCCCCCCC1C=CCC1)NCCO. The molecule has 1 atom stereocenters. The fraction of sp³-hybridized carbons (Fsp3) is 0.850. The van der Waals surface area contributed by atoms with E-state index >= 15 is 0 Å². The number of unbranched alkanes of at least 4 members (excludes halogenated alkanes) is 9. The van der Waals surface area contributed by atoms with Gasteiger partial charge in [-0.2, -0.15) is 0 Å². The molecular weight excluding hydrogens is 286 g/mol. The van der Waals surface area contributed by atoms with E-state index in [2.05, 4.69) is 17.5 Å². The van der Waals surface area contributed by atoms with Crippen molar-refractivity contribution in [3.63, 3.8) is 0 Å². The van der Waals surface area contributed by atoms with Crippen molar-refractivity contribution in [3.05, 3.63) is 12.2 Å². The molecule has 3 heteroatoms. The maximum Gasteiger partial charge on any atom is 0.220 e. The molecular formula is C20H37NO2. The lowest BCUT2D eigenvalue weighted by molar-refractivity contribution is -0.121.